The quantitative estimate of drug-likeness (QED) is 0.854. The number of nitrogens with one attached hydrogen (secondary N) is 1. The van der Waals surface area contributed by atoms with Crippen LogP contribution in [0.2, 0.25) is 0 Å². The second kappa shape index (κ2) is 6.40. The van der Waals surface area contributed by atoms with Crippen molar-refractivity contribution in [3.63, 3.8) is 0 Å². The summed E-state index contributed by atoms with van der Waals surface area (Å²) >= 11 is 0. The molecule has 0 spiro atoms. The zero-order valence-electron chi connectivity index (χ0n) is 13.4. The molecule has 5 heteroatoms. The van der Waals surface area contributed by atoms with Crippen molar-refractivity contribution in [1.82, 2.24) is 15.1 Å². The predicted molar refractivity (Wildman–Crippen MR) is 85.3 cm³/mol. The Morgan fingerprint density at radius 2 is 2.00 bits per heavy atom. The summed E-state index contributed by atoms with van der Waals surface area (Å²) in [6, 6.07) is 8.11. The van der Waals surface area contributed by atoms with Crippen LogP contribution in [0.5, 0.6) is 11.5 Å². The summed E-state index contributed by atoms with van der Waals surface area (Å²) in [4.78, 5) is 0. The van der Waals surface area contributed by atoms with Crippen LogP contribution in [0, 0.1) is 0 Å². The van der Waals surface area contributed by atoms with Gasteiger partial charge in [-0.2, -0.15) is 5.10 Å². The van der Waals surface area contributed by atoms with Crippen LogP contribution in [-0.4, -0.2) is 24.0 Å². The van der Waals surface area contributed by atoms with Gasteiger partial charge in [-0.25, -0.2) is 0 Å². The lowest BCUT2D eigenvalue weighted by atomic mass is 10.2. The molecular formula is C17H23N3O2. The fourth-order valence-electron chi connectivity index (χ4n) is 2.60. The maximum Gasteiger partial charge on any atom is 0.127 e. The first-order valence-electron chi connectivity index (χ1n) is 7.65. The van der Waals surface area contributed by atoms with Crippen molar-refractivity contribution < 1.29 is 9.47 Å². The first-order valence-corrected chi connectivity index (χ1v) is 7.65. The van der Waals surface area contributed by atoms with Crippen LogP contribution in [0.4, 0.5) is 0 Å². The summed E-state index contributed by atoms with van der Waals surface area (Å²) in [6.07, 6.45) is 2.57. The van der Waals surface area contributed by atoms with Crippen LogP contribution in [0.15, 0.2) is 24.3 Å². The van der Waals surface area contributed by atoms with Gasteiger partial charge in [-0.1, -0.05) is 6.07 Å². The average Bonchev–Trinajstić information content (AvgIpc) is 3.32. The van der Waals surface area contributed by atoms with E-state index in [9.17, 15) is 0 Å². The van der Waals surface area contributed by atoms with Crippen molar-refractivity contribution in [2.24, 2.45) is 7.05 Å². The maximum absolute atomic E-state index is 5.42. The van der Waals surface area contributed by atoms with Gasteiger partial charge in [-0.05, 0) is 25.0 Å². The SMILES string of the molecule is COc1ccc(CNCc2cc(C3CC3)nn2C)c(OC)c1. The number of ether oxygens (including phenoxy) is 2. The number of rotatable bonds is 7. The lowest BCUT2D eigenvalue weighted by Crippen LogP contribution is -2.15. The molecule has 22 heavy (non-hydrogen) atoms. The van der Waals surface area contributed by atoms with E-state index >= 15 is 0 Å². The van der Waals surface area contributed by atoms with Crippen LogP contribution >= 0.6 is 0 Å². The molecule has 3 rings (SSSR count). The fraction of sp³-hybridized carbons (Fsp3) is 0.471. The molecule has 1 saturated carbocycles. The van der Waals surface area contributed by atoms with E-state index in [2.05, 4.69) is 16.5 Å². The lowest BCUT2D eigenvalue weighted by Gasteiger charge is -2.11. The normalized spacial score (nSPS) is 14.1. The molecule has 0 radical (unpaired) electrons. The van der Waals surface area contributed by atoms with Crippen molar-refractivity contribution in [2.75, 3.05) is 14.2 Å². The highest BCUT2D eigenvalue weighted by molar-refractivity contribution is 5.40. The summed E-state index contributed by atoms with van der Waals surface area (Å²) in [5.41, 5.74) is 3.57. The molecule has 0 unspecified atom stereocenters. The van der Waals surface area contributed by atoms with Crippen molar-refractivity contribution in [3.05, 3.63) is 41.2 Å². The second-order valence-corrected chi connectivity index (χ2v) is 5.74. The Balaban J connectivity index is 1.60. The van der Waals surface area contributed by atoms with Crippen molar-refractivity contribution in [3.8, 4) is 11.5 Å². The fourth-order valence-corrected chi connectivity index (χ4v) is 2.60. The number of methoxy groups -OCH3 is 2. The molecule has 0 saturated heterocycles. The van der Waals surface area contributed by atoms with Crippen LogP contribution in [0.1, 0.15) is 35.7 Å². The topological polar surface area (TPSA) is 48.3 Å². The Hall–Kier alpha value is -2.01. The van der Waals surface area contributed by atoms with E-state index < -0.39 is 0 Å². The van der Waals surface area contributed by atoms with E-state index in [0.29, 0.717) is 5.92 Å². The highest BCUT2D eigenvalue weighted by atomic mass is 16.5. The van der Waals surface area contributed by atoms with Gasteiger partial charge in [-0.3, -0.25) is 4.68 Å². The van der Waals surface area contributed by atoms with E-state index in [1.807, 2.05) is 29.9 Å². The number of hydrogen-bond acceptors (Lipinski definition) is 4. The highest BCUT2D eigenvalue weighted by Gasteiger charge is 2.26. The predicted octanol–water partition coefficient (Wildman–Crippen LogP) is 2.60. The summed E-state index contributed by atoms with van der Waals surface area (Å²) in [7, 11) is 5.35. The van der Waals surface area contributed by atoms with Gasteiger partial charge in [0.1, 0.15) is 11.5 Å². The van der Waals surface area contributed by atoms with Crippen LogP contribution in [0.25, 0.3) is 0 Å². The number of hydrogen-bond donors (Lipinski definition) is 1. The molecular weight excluding hydrogens is 278 g/mol. The number of nitrogens with zero attached hydrogens (tertiary/aromatic N) is 2. The molecule has 0 amide bonds. The lowest BCUT2D eigenvalue weighted by molar-refractivity contribution is 0.389. The van der Waals surface area contributed by atoms with Crippen molar-refractivity contribution in [1.29, 1.82) is 0 Å². The minimum Gasteiger partial charge on any atom is -0.497 e. The van der Waals surface area contributed by atoms with Crippen LogP contribution in [0.3, 0.4) is 0 Å². The van der Waals surface area contributed by atoms with Crippen molar-refractivity contribution >= 4 is 0 Å². The van der Waals surface area contributed by atoms with Gasteiger partial charge in [0.2, 0.25) is 0 Å². The molecule has 0 bridgehead atoms. The number of benzene rings is 1. The molecule has 0 aliphatic heterocycles. The van der Waals surface area contributed by atoms with Crippen LogP contribution < -0.4 is 14.8 Å². The maximum atomic E-state index is 5.42. The Morgan fingerprint density at radius 3 is 2.68 bits per heavy atom. The van der Waals surface area contributed by atoms with E-state index in [0.717, 1.165) is 30.2 Å². The average molecular weight is 301 g/mol. The smallest absolute Gasteiger partial charge is 0.127 e. The van der Waals surface area contributed by atoms with E-state index in [4.69, 9.17) is 9.47 Å². The minimum atomic E-state index is 0.696. The third kappa shape index (κ3) is 3.25. The molecule has 1 aromatic carbocycles. The Labute approximate surface area is 131 Å². The summed E-state index contributed by atoms with van der Waals surface area (Å²) in [5, 5.41) is 8.05. The molecule has 1 heterocycles. The van der Waals surface area contributed by atoms with Gasteiger partial charge in [0, 0.05) is 37.7 Å². The Morgan fingerprint density at radius 1 is 1.18 bits per heavy atom. The first kappa shape index (κ1) is 14.9. The first-order chi connectivity index (χ1) is 10.7. The third-order valence-corrected chi connectivity index (χ3v) is 4.11. The standard InChI is InChI=1S/C17H23N3O2/c1-20-14(8-16(19-20)12-4-5-12)11-18-10-13-6-7-15(21-2)9-17(13)22-3/h6-9,12,18H,4-5,10-11H2,1-3H3. The Bertz CT molecular complexity index is 647. The van der Waals surface area contributed by atoms with Gasteiger partial charge < -0.3 is 14.8 Å². The van der Waals surface area contributed by atoms with Gasteiger partial charge in [0.25, 0.3) is 0 Å². The minimum absolute atomic E-state index is 0.696. The molecule has 1 N–H and O–H groups in total. The molecule has 0 atom stereocenters. The zero-order chi connectivity index (χ0) is 15.5. The number of aryl methyl sites for hydroxylation is 1. The summed E-state index contributed by atoms with van der Waals surface area (Å²) in [6.45, 7) is 1.54. The molecule has 5 nitrogen and oxygen atoms in total. The summed E-state index contributed by atoms with van der Waals surface area (Å²) < 4.78 is 12.6. The summed E-state index contributed by atoms with van der Waals surface area (Å²) in [5.74, 6) is 2.35. The molecule has 1 fully saturated rings. The molecule has 118 valence electrons. The largest absolute Gasteiger partial charge is 0.497 e. The zero-order valence-corrected chi connectivity index (χ0v) is 13.4. The molecule has 1 aliphatic carbocycles. The molecule has 1 aromatic heterocycles. The van der Waals surface area contributed by atoms with Crippen molar-refractivity contribution in [2.45, 2.75) is 31.8 Å². The van der Waals surface area contributed by atoms with Gasteiger partial charge in [-0.15, -0.1) is 0 Å². The third-order valence-electron chi connectivity index (χ3n) is 4.11. The molecule has 1 aliphatic rings. The van der Waals surface area contributed by atoms with E-state index in [1.54, 1.807) is 14.2 Å². The van der Waals surface area contributed by atoms with E-state index in [1.165, 1.54) is 24.2 Å². The van der Waals surface area contributed by atoms with Gasteiger partial charge in [0.05, 0.1) is 25.6 Å². The van der Waals surface area contributed by atoms with Crippen LogP contribution in [-0.2, 0) is 20.1 Å². The number of aromatic nitrogens is 2. The Kier molecular flexibility index (Phi) is 4.34. The van der Waals surface area contributed by atoms with E-state index in [-0.39, 0.29) is 0 Å². The monoisotopic (exact) mass is 301 g/mol. The van der Waals surface area contributed by atoms with Gasteiger partial charge >= 0.3 is 0 Å². The highest BCUT2D eigenvalue weighted by Crippen LogP contribution is 2.39. The molecule has 2 aromatic rings. The van der Waals surface area contributed by atoms with Gasteiger partial charge in [0.15, 0.2) is 0 Å². The second-order valence-electron chi connectivity index (χ2n) is 5.74.